The predicted octanol–water partition coefficient (Wildman–Crippen LogP) is 3.98. The topological polar surface area (TPSA) is 35.2 Å². The molecule has 1 unspecified atom stereocenters. The van der Waals surface area contributed by atoms with Crippen molar-refractivity contribution >= 4 is 23.2 Å². The molecule has 0 saturated heterocycles. The third-order valence-electron chi connectivity index (χ3n) is 3.37. The van der Waals surface area contributed by atoms with Crippen LogP contribution in [0.25, 0.3) is 0 Å². The van der Waals surface area contributed by atoms with Crippen molar-refractivity contribution in [3.8, 4) is 5.75 Å². The van der Waals surface area contributed by atoms with Crippen molar-refractivity contribution < 1.29 is 4.74 Å². The van der Waals surface area contributed by atoms with E-state index in [0.717, 1.165) is 23.3 Å². The van der Waals surface area contributed by atoms with Crippen molar-refractivity contribution in [3.05, 3.63) is 63.1 Å². The van der Waals surface area contributed by atoms with E-state index in [1.165, 1.54) is 5.56 Å². The molecule has 0 radical (unpaired) electrons. The van der Waals surface area contributed by atoms with Crippen LogP contribution in [0, 0.1) is 0 Å². The lowest BCUT2D eigenvalue weighted by molar-refractivity contribution is 0.352. The minimum absolute atomic E-state index is 0.334. The molecule has 2 nitrogen and oxygen atoms in total. The molecule has 0 bridgehead atoms. The van der Waals surface area contributed by atoms with Gasteiger partial charge in [0.15, 0.2) is 0 Å². The first-order valence-electron chi connectivity index (χ1n) is 6.12. The van der Waals surface area contributed by atoms with Crippen LogP contribution in [0.3, 0.4) is 0 Å². The maximum absolute atomic E-state index is 6.34. The molecule has 0 saturated carbocycles. The van der Waals surface area contributed by atoms with Crippen molar-refractivity contribution in [2.24, 2.45) is 5.73 Å². The van der Waals surface area contributed by atoms with E-state index >= 15 is 0 Å². The number of hydrogen-bond acceptors (Lipinski definition) is 2. The van der Waals surface area contributed by atoms with E-state index in [1.54, 1.807) is 12.1 Å². The molecule has 0 spiro atoms. The van der Waals surface area contributed by atoms with E-state index in [4.69, 9.17) is 33.7 Å². The Morgan fingerprint density at radius 2 is 1.95 bits per heavy atom. The summed E-state index contributed by atoms with van der Waals surface area (Å²) in [5.74, 6) is 0.894. The molecule has 0 fully saturated rings. The van der Waals surface area contributed by atoms with Gasteiger partial charge in [-0.2, -0.15) is 0 Å². The van der Waals surface area contributed by atoms with Crippen molar-refractivity contribution in [1.29, 1.82) is 0 Å². The van der Waals surface area contributed by atoms with E-state index < -0.39 is 0 Å². The van der Waals surface area contributed by atoms with Gasteiger partial charge in [-0.15, -0.1) is 0 Å². The molecule has 0 aromatic heterocycles. The molecule has 1 aliphatic rings. The average molecular weight is 294 g/mol. The summed E-state index contributed by atoms with van der Waals surface area (Å²) >= 11 is 12.2. The van der Waals surface area contributed by atoms with Crippen LogP contribution >= 0.6 is 23.2 Å². The highest BCUT2D eigenvalue weighted by Crippen LogP contribution is 2.37. The number of hydrogen-bond donors (Lipinski definition) is 1. The molecule has 1 atom stereocenters. The Balaban J connectivity index is 2.07. The zero-order valence-electron chi connectivity index (χ0n) is 10.2. The van der Waals surface area contributed by atoms with Crippen LogP contribution in [-0.2, 0) is 6.42 Å². The summed E-state index contributed by atoms with van der Waals surface area (Å²) < 4.78 is 5.69. The van der Waals surface area contributed by atoms with Gasteiger partial charge >= 0.3 is 0 Å². The molecule has 0 amide bonds. The minimum atomic E-state index is -0.334. The fraction of sp³-hybridized carbons (Fsp3) is 0.200. The summed E-state index contributed by atoms with van der Waals surface area (Å²) in [5, 5.41) is 1.25. The summed E-state index contributed by atoms with van der Waals surface area (Å²) in [6.45, 7) is 0.711. The fourth-order valence-electron chi connectivity index (χ4n) is 2.41. The molecule has 3 rings (SSSR count). The van der Waals surface area contributed by atoms with Gasteiger partial charge in [0.25, 0.3) is 0 Å². The zero-order chi connectivity index (χ0) is 13.4. The number of fused-ring (bicyclic) bond motifs is 1. The molecule has 4 heteroatoms. The lowest BCUT2D eigenvalue weighted by Gasteiger charge is -2.17. The van der Waals surface area contributed by atoms with Gasteiger partial charge in [-0.25, -0.2) is 0 Å². The van der Waals surface area contributed by atoms with Gasteiger partial charge in [-0.3, -0.25) is 0 Å². The molecular formula is C15H13Cl2NO. The van der Waals surface area contributed by atoms with Crippen LogP contribution < -0.4 is 10.5 Å². The Bertz CT molecular complexity index is 628. The standard InChI is InChI=1S/C15H13Cl2NO/c16-10-4-5-13(17)12(8-10)14(18)11-3-1-2-9-6-7-19-15(9)11/h1-5,8,14H,6-7,18H2. The highest BCUT2D eigenvalue weighted by atomic mass is 35.5. The Labute approximate surface area is 122 Å². The minimum Gasteiger partial charge on any atom is -0.493 e. The largest absolute Gasteiger partial charge is 0.493 e. The normalized spacial score (nSPS) is 14.9. The first-order chi connectivity index (χ1) is 9.16. The predicted molar refractivity (Wildman–Crippen MR) is 78.1 cm³/mol. The molecule has 1 heterocycles. The maximum Gasteiger partial charge on any atom is 0.127 e. The van der Waals surface area contributed by atoms with E-state index in [1.807, 2.05) is 18.2 Å². The van der Waals surface area contributed by atoms with Crippen LogP contribution in [0.4, 0.5) is 0 Å². The van der Waals surface area contributed by atoms with E-state index in [2.05, 4.69) is 6.07 Å². The van der Waals surface area contributed by atoms with Gasteiger partial charge in [0.05, 0.1) is 12.6 Å². The van der Waals surface area contributed by atoms with Crippen molar-refractivity contribution in [3.63, 3.8) is 0 Å². The number of para-hydroxylation sites is 1. The van der Waals surface area contributed by atoms with Crippen LogP contribution in [0.15, 0.2) is 36.4 Å². The van der Waals surface area contributed by atoms with Gasteiger partial charge < -0.3 is 10.5 Å². The number of nitrogens with two attached hydrogens (primary N) is 1. The fourth-order valence-corrected chi connectivity index (χ4v) is 2.82. The molecule has 2 N–H and O–H groups in total. The van der Waals surface area contributed by atoms with Crippen LogP contribution in [0.2, 0.25) is 10.0 Å². The number of rotatable bonds is 2. The number of ether oxygens (including phenoxy) is 1. The SMILES string of the molecule is NC(c1cc(Cl)ccc1Cl)c1cccc2c1OCC2. The highest BCUT2D eigenvalue weighted by Gasteiger charge is 2.22. The van der Waals surface area contributed by atoms with Crippen LogP contribution in [0.1, 0.15) is 22.7 Å². The van der Waals surface area contributed by atoms with E-state index in [9.17, 15) is 0 Å². The molecule has 1 aliphatic heterocycles. The Morgan fingerprint density at radius 3 is 2.79 bits per heavy atom. The molecule has 2 aromatic rings. The molecule has 19 heavy (non-hydrogen) atoms. The van der Waals surface area contributed by atoms with Crippen LogP contribution in [-0.4, -0.2) is 6.61 Å². The maximum atomic E-state index is 6.34. The van der Waals surface area contributed by atoms with Crippen LogP contribution in [0.5, 0.6) is 5.75 Å². The van der Waals surface area contributed by atoms with E-state index in [0.29, 0.717) is 16.7 Å². The second-order valence-corrected chi connectivity index (χ2v) is 5.42. The lowest BCUT2D eigenvalue weighted by atomic mass is 9.96. The summed E-state index contributed by atoms with van der Waals surface area (Å²) in [6.07, 6.45) is 0.930. The number of halogens is 2. The molecular weight excluding hydrogens is 281 g/mol. The molecule has 98 valence electrons. The van der Waals surface area contributed by atoms with Crippen molar-refractivity contribution in [2.75, 3.05) is 6.61 Å². The second-order valence-electron chi connectivity index (χ2n) is 4.58. The second kappa shape index (κ2) is 5.04. The Kier molecular flexibility index (Phi) is 3.40. The third-order valence-corrected chi connectivity index (χ3v) is 3.95. The zero-order valence-corrected chi connectivity index (χ0v) is 11.7. The summed E-state index contributed by atoms with van der Waals surface area (Å²) in [6, 6.07) is 11.0. The smallest absolute Gasteiger partial charge is 0.127 e. The quantitative estimate of drug-likeness (QED) is 0.909. The average Bonchev–Trinajstić information content (AvgIpc) is 2.89. The summed E-state index contributed by atoms with van der Waals surface area (Å²) in [7, 11) is 0. The van der Waals surface area contributed by atoms with E-state index in [-0.39, 0.29) is 6.04 Å². The van der Waals surface area contributed by atoms with Gasteiger partial charge in [-0.1, -0.05) is 41.4 Å². The van der Waals surface area contributed by atoms with Gasteiger partial charge in [0.1, 0.15) is 5.75 Å². The third kappa shape index (κ3) is 2.32. The highest BCUT2D eigenvalue weighted by molar-refractivity contribution is 6.33. The Morgan fingerprint density at radius 1 is 1.11 bits per heavy atom. The monoisotopic (exact) mass is 293 g/mol. The first-order valence-corrected chi connectivity index (χ1v) is 6.87. The first kappa shape index (κ1) is 12.8. The summed E-state index contributed by atoms with van der Waals surface area (Å²) in [4.78, 5) is 0. The Hall–Kier alpha value is -1.22. The molecule has 2 aromatic carbocycles. The lowest BCUT2D eigenvalue weighted by Crippen LogP contribution is -2.13. The molecule has 0 aliphatic carbocycles. The van der Waals surface area contributed by atoms with Gasteiger partial charge in [-0.05, 0) is 29.3 Å². The number of benzene rings is 2. The van der Waals surface area contributed by atoms with Crippen molar-refractivity contribution in [1.82, 2.24) is 0 Å². The summed E-state index contributed by atoms with van der Waals surface area (Å²) in [5.41, 5.74) is 9.31. The van der Waals surface area contributed by atoms with Crippen molar-refractivity contribution in [2.45, 2.75) is 12.5 Å². The van der Waals surface area contributed by atoms with Gasteiger partial charge in [0, 0.05) is 22.0 Å². The van der Waals surface area contributed by atoms with Gasteiger partial charge in [0.2, 0.25) is 0 Å².